The normalized spacial score (nSPS) is 14.6. The van der Waals surface area contributed by atoms with Gasteiger partial charge in [-0.05, 0) is 0 Å². The highest BCUT2D eigenvalue weighted by atomic mass is 30.4. The molecule has 0 aliphatic heterocycles. The number of hydrogen-bond acceptors (Lipinski definition) is 0. The summed E-state index contributed by atoms with van der Waals surface area (Å²) in [6.45, 7) is 58.5. The second-order valence-electron chi connectivity index (χ2n) is 27.3. The van der Waals surface area contributed by atoms with Gasteiger partial charge < -0.3 is 0 Å². The highest BCUT2D eigenvalue weighted by Crippen LogP contribution is 2.55. The summed E-state index contributed by atoms with van der Waals surface area (Å²) in [5.74, 6) is 0. The summed E-state index contributed by atoms with van der Waals surface area (Å²) in [6.07, 6.45) is 0. The van der Waals surface area contributed by atoms with Gasteiger partial charge in [-0.3, -0.25) is 0 Å². The molecule has 71 heavy (non-hydrogen) atoms. The zero-order chi connectivity index (χ0) is 53.2. The second kappa shape index (κ2) is 19.9. The van der Waals surface area contributed by atoms with E-state index in [2.05, 4.69) is 326 Å². The van der Waals surface area contributed by atoms with Crippen LogP contribution in [0.3, 0.4) is 0 Å². The quantitative estimate of drug-likeness (QED) is 0.0753. The fraction of sp³-hybridized carbons (Fsp3) is 0.379. The Morgan fingerprint density at radius 2 is 0.268 bits per heavy atom. The van der Waals surface area contributed by atoms with Crippen molar-refractivity contribution in [2.45, 2.75) is 144 Å². The largest absolute Gasteiger partial charge is 0.0753 e. The Hall–Kier alpha value is -1.86. The Labute approximate surface area is 446 Å². The molecule has 0 aromatic heterocycles. The highest BCUT2D eigenvalue weighted by Gasteiger charge is 2.83. The maximum Gasteiger partial charge on any atom is 0.0693 e. The summed E-state index contributed by atoms with van der Waals surface area (Å²) < 4.78 is 0. The Morgan fingerprint density at radius 3 is 0.380 bits per heavy atom. The van der Waals surface area contributed by atoms with E-state index < -0.39 is 93.4 Å². The van der Waals surface area contributed by atoms with Gasteiger partial charge in [-0.2, -0.15) is 0 Å². The first kappa shape index (κ1) is 58.4. The van der Waals surface area contributed by atoms with Crippen LogP contribution >= 0.6 is 0 Å². The smallest absolute Gasteiger partial charge is 0.0693 e. The molecule has 0 amide bonds. The summed E-state index contributed by atoms with van der Waals surface area (Å²) in [5.41, 5.74) is 0. The van der Waals surface area contributed by atoms with Crippen molar-refractivity contribution in [3.05, 3.63) is 182 Å². The second-order valence-corrected chi connectivity index (χ2v) is 173. The van der Waals surface area contributed by atoms with E-state index in [4.69, 9.17) is 0 Å². The average Bonchev–Trinajstić information content (AvgIpc) is 3.36. The van der Waals surface area contributed by atoms with Crippen LogP contribution in [-0.4, -0.2) is 93.4 Å². The van der Waals surface area contributed by atoms with E-state index in [0.29, 0.717) is 0 Å². The third kappa shape index (κ3) is 8.24. The van der Waals surface area contributed by atoms with Crippen LogP contribution in [-0.2, 0) is 0 Å². The minimum absolute atomic E-state index is 1.75. The van der Waals surface area contributed by atoms with Gasteiger partial charge in [-0.1, -0.05) is 357 Å². The van der Waals surface area contributed by atoms with Crippen LogP contribution in [0.25, 0.3) is 0 Å². The van der Waals surface area contributed by atoms with Gasteiger partial charge in [-0.25, -0.2) is 0 Å². The van der Waals surface area contributed by atoms with Crippen LogP contribution in [0.1, 0.15) is 0 Å². The van der Waals surface area contributed by atoms with Gasteiger partial charge >= 0.3 is 0 Å². The van der Waals surface area contributed by atoms with Crippen LogP contribution in [0.2, 0.25) is 144 Å². The Kier molecular flexibility index (Phi) is 16.4. The molecule has 0 fully saturated rings. The van der Waals surface area contributed by atoms with Crippen LogP contribution in [0.5, 0.6) is 0 Å². The maximum atomic E-state index is 3.38. The van der Waals surface area contributed by atoms with Crippen LogP contribution in [0, 0.1) is 0 Å². The van der Waals surface area contributed by atoms with Gasteiger partial charge in [0.1, 0.15) is 0 Å². The lowest BCUT2D eigenvalue weighted by atomic mass is 10.4. The molecule has 0 bridgehead atoms. The highest BCUT2D eigenvalue weighted by molar-refractivity contribution is 8.25. The molecule has 0 unspecified atom stereocenters. The summed E-state index contributed by atoms with van der Waals surface area (Å²) in [7, 11) is -20.3. The number of hydrogen-bond donors (Lipinski definition) is 0. The van der Waals surface area contributed by atoms with Gasteiger partial charge in [0.25, 0.3) is 0 Å². The molecule has 6 aromatic carbocycles. The molecule has 0 radical (unpaired) electrons. The molecule has 0 spiro atoms. The first-order valence-corrected chi connectivity index (χ1v) is 76.0. The van der Waals surface area contributed by atoms with E-state index in [-0.39, 0.29) is 0 Å². The minimum Gasteiger partial charge on any atom is -0.0753 e. The zero-order valence-corrected chi connectivity index (χ0v) is 61.8. The Balaban J connectivity index is 1.95. The predicted octanol–water partition coefficient (Wildman–Crippen LogP) is 13.1. The molecule has 0 atom stereocenters. The summed E-state index contributed by atoms with van der Waals surface area (Å²) in [4.78, 5) is 0. The van der Waals surface area contributed by atoms with Crippen molar-refractivity contribution >= 4 is 125 Å². The van der Waals surface area contributed by atoms with Gasteiger partial charge in [0.2, 0.25) is 0 Å². The van der Waals surface area contributed by atoms with Gasteiger partial charge in [-0.15, -0.1) is 0 Å². The molecule has 380 valence electrons. The first-order chi connectivity index (χ1) is 32.6. The monoisotopic (exact) mass is 1160 g/mol. The van der Waals surface area contributed by atoms with Crippen LogP contribution in [0.15, 0.2) is 182 Å². The maximum absolute atomic E-state index is 3.38. The molecule has 0 N–H and O–H groups in total. The Morgan fingerprint density at radius 1 is 0.155 bits per heavy atom. The molecule has 0 aliphatic rings. The fourth-order valence-electron chi connectivity index (χ4n) is 17.7. The molecule has 0 saturated heterocycles. The molecule has 0 heterocycles. The number of benzene rings is 6. The molecule has 0 nitrogen and oxygen atoms in total. The van der Waals surface area contributed by atoms with Crippen molar-refractivity contribution in [1.82, 2.24) is 0 Å². The minimum atomic E-state index is -2.48. The third-order valence-electron chi connectivity index (χ3n) is 24.0. The van der Waals surface area contributed by atoms with E-state index in [0.717, 1.165) is 0 Å². The van der Waals surface area contributed by atoms with Crippen molar-refractivity contribution in [2.24, 2.45) is 0 Å². The molecule has 0 aliphatic carbocycles. The lowest BCUT2D eigenvalue weighted by molar-refractivity contribution is 1.69. The molecule has 6 aromatic rings. The summed E-state index contributed by atoms with van der Waals surface area (Å²) in [5, 5.41) is 10.5. The van der Waals surface area contributed by atoms with Gasteiger partial charge in [0, 0.05) is 47.8 Å². The van der Waals surface area contributed by atoms with Crippen molar-refractivity contribution in [3.63, 3.8) is 0 Å². The predicted molar refractivity (Wildman–Crippen MR) is 360 cm³/mol. The van der Waals surface area contributed by atoms with Crippen molar-refractivity contribution < 1.29 is 0 Å². The standard InChI is InChI=1S/C58H96Si13/c1-59(2,53-41-29-23-30-42-53)68(19,60(3,4)54-43-31-24-32-44-54)65(13,14)71(22,66(15,16)69(20,61(5,6)55-45-33-25-34-46-55)62(7,8)56-47-35-26-36-48-56)67(17,18)70(21,63(9,10)57-49-37-27-38-50-57)64(11,12)58-51-39-28-40-52-58/h23-52H,1-22H3. The van der Waals surface area contributed by atoms with E-state index in [1.165, 1.54) is 0 Å². The third-order valence-corrected chi connectivity index (χ3v) is 349. The van der Waals surface area contributed by atoms with Crippen molar-refractivity contribution in [3.8, 4) is 0 Å². The van der Waals surface area contributed by atoms with E-state index in [1.807, 2.05) is 0 Å². The number of rotatable bonds is 18. The van der Waals surface area contributed by atoms with E-state index in [9.17, 15) is 0 Å². The average molecular weight is 1160 g/mol. The molecule has 13 heteroatoms. The molecule has 0 saturated carbocycles. The zero-order valence-electron chi connectivity index (χ0n) is 48.8. The first-order valence-electron chi connectivity index (χ1n) is 27.0. The summed E-state index contributed by atoms with van der Waals surface area (Å²) >= 11 is 0. The molecular formula is C58H96Si13. The lowest BCUT2D eigenvalue weighted by Crippen LogP contribution is -3.09. The van der Waals surface area contributed by atoms with E-state index in [1.54, 1.807) is 31.1 Å². The van der Waals surface area contributed by atoms with E-state index >= 15 is 0 Å². The van der Waals surface area contributed by atoms with Gasteiger partial charge in [0.15, 0.2) is 0 Å². The molecule has 6 rings (SSSR count). The Bertz CT molecular complexity index is 2260. The summed E-state index contributed by atoms with van der Waals surface area (Å²) in [6, 6.07) is 74.3. The molecular weight excluding hydrogens is 1060 g/mol. The SMILES string of the molecule is C[Si](C)(c1ccccc1)[Si](C)([Si](C)(C)c1ccccc1)[Si](C)(C)[Si](C)([Si](C)(C)[Si](C)([Si](C)(C)c1ccccc1)[Si](C)(C)c1ccccc1)[Si](C)(C)[Si](C)([Si](C)(C)c1ccccc1)[Si](C)(C)c1ccccc1. The van der Waals surface area contributed by atoms with Crippen LogP contribution < -0.4 is 31.1 Å². The fourth-order valence-corrected chi connectivity index (χ4v) is 572. The lowest BCUT2D eigenvalue weighted by Gasteiger charge is -2.77. The van der Waals surface area contributed by atoms with Crippen molar-refractivity contribution in [2.75, 3.05) is 0 Å². The topological polar surface area (TPSA) is 0 Å². The van der Waals surface area contributed by atoms with Crippen molar-refractivity contribution in [1.29, 1.82) is 0 Å². The van der Waals surface area contributed by atoms with Gasteiger partial charge in [0.05, 0.1) is 45.5 Å². The van der Waals surface area contributed by atoms with Crippen LogP contribution in [0.4, 0.5) is 0 Å².